The van der Waals surface area contributed by atoms with E-state index in [1.54, 1.807) is 0 Å². The number of H-pyrrole nitrogens is 1. The van der Waals surface area contributed by atoms with Crippen LogP contribution in [-0.2, 0) is 25.2 Å². The quantitative estimate of drug-likeness (QED) is 0.180. The van der Waals surface area contributed by atoms with Gasteiger partial charge in [-0.3, -0.25) is 18.9 Å². The van der Waals surface area contributed by atoms with E-state index in [9.17, 15) is 29.0 Å². The van der Waals surface area contributed by atoms with Crippen molar-refractivity contribution in [1.82, 2.24) is 9.55 Å². The van der Waals surface area contributed by atoms with E-state index in [4.69, 9.17) is 14.0 Å². The highest BCUT2D eigenvalue weighted by atomic mass is 31.2. The summed E-state index contributed by atoms with van der Waals surface area (Å²) in [6.45, 7) is -0.669. The zero-order chi connectivity index (χ0) is 26.6. The Morgan fingerprint density at radius 3 is 2.16 bits per heavy atom. The third-order valence-electron chi connectivity index (χ3n) is 6.82. The zero-order valence-corrected chi connectivity index (χ0v) is 20.7. The summed E-state index contributed by atoms with van der Waals surface area (Å²) < 4.78 is 29.5. The number of phosphoric acid groups is 1. The van der Waals surface area contributed by atoms with E-state index >= 15 is 0 Å². The lowest BCUT2D eigenvalue weighted by Gasteiger charge is -2.25. The normalized spacial score (nSPS) is 22.2. The first-order chi connectivity index (χ1) is 18.2. The minimum Gasteiger partial charge on any atom is -0.394 e. The van der Waals surface area contributed by atoms with Crippen LogP contribution in [0.15, 0.2) is 76.4 Å². The number of aliphatic hydroxyl groups excluding tert-OH is 1. The summed E-state index contributed by atoms with van der Waals surface area (Å²) in [4.78, 5) is 45.1. The largest absolute Gasteiger partial charge is 0.470 e. The molecule has 0 bridgehead atoms. The summed E-state index contributed by atoms with van der Waals surface area (Å²) in [6, 6.07) is 19.3. The van der Waals surface area contributed by atoms with Crippen LogP contribution >= 0.6 is 7.82 Å². The van der Waals surface area contributed by atoms with Gasteiger partial charge in [-0.15, -0.1) is 0 Å². The Kier molecular flexibility index (Phi) is 6.16. The molecule has 4 atom stereocenters. The van der Waals surface area contributed by atoms with E-state index in [-0.39, 0.29) is 6.61 Å². The topological polar surface area (TPSA) is 160 Å². The fraction of sp³-hybridized carbons (Fsp3) is 0.231. The molecule has 0 unspecified atom stereocenters. The molecule has 12 heteroatoms. The number of hydrogen-bond donors (Lipinski definition) is 4. The number of hydrogen-bond acceptors (Lipinski definition) is 7. The highest BCUT2D eigenvalue weighted by Crippen LogP contribution is 2.45. The molecule has 1 aromatic heterocycles. The molecule has 1 fully saturated rings. The predicted octanol–water partition coefficient (Wildman–Crippen LogP) is 2.39. The van der Waals surface area contributed by atoms with Gasteiger partial charge in [0.1, 0.15) is 18.3 Å². The Balaban J connectivity index is 1.38. The first-order valence-corrected chi connectivity index (χ1v) is 13.3. The molecule has 0 amide bonds. The average Bonchev–Trinajstić information content (AvgIpc) is 3.21. The number of benzene rings is 4. The van der Waals surface area contributed by atoms with E-state index in [1.165, 1.54) is 6.20 Å². The van der Waals surface area contributed by atoms with E-state index in [0.29, 0.717) is 0 Å². The van der Waals surface area contributed by atoms with Crippen LogP contribution in [0.1, 0.15) is 11.8 Å². The Hall–Kier alpha value is -3.41. The lowest BCUT2D eigenvalue weighted by Crippen LogP contribution is -2.40. The van der Waals surface area contributed by atoms with Gasteiger partial charge in [0.2, 0.25) is 0 Å². The molecule has 38 heavy (non-hydrogen) atoms. The Labute approximate surface area is 214 Å². The predicted molar refractivity (Wildman–Crippen MR) is 138 cm³/mol. The van der Waals surface area contributed by atoms with Gasteiger partial charge < -0.3 is 24.4 Å². The van der Waals surface area contributed by atoms with E-state index < -0.39 is 50.2 Å². The van der Waals surface area contributed by atoms with Crippen LogP contribution in [0.4, 0.5) is 0 Å². The molecule has 0 aliphatic carbocycles. The first-order valence-electron chi connectivity index (χ1n) is 11.8. The van der Waals surface area contributed by atoms with Gasteiger partial charge in [0.15, 0.2) is 6.23 Å². The summed E-state index contributed by atoms with van der Waals surface area (Å²) in [5.41, 5.74) is -0.671. The Morgan fingerprint density at radius 1 is 0.921 bits per heavy atom. The monoisotopic (exact) mass is 538 g/mol. The highest BCUT2D eigenvalue weighted by Gasteiger charge is 2.50. The molecular weight excluding hydrogens is 515 g/mol. The fourth-order valence-corrected chi connectivity index (χ4v) is 5.84. The molecular formula is C26H23N2O9P. The van der Waals surface area contributed by atoms with Crippen molar-refractivity contribution < 1.29 is 33.5 Å². The van der Waals surface area contributed by atoms with Gasteiger partial charge in [-0.05, 0) is 50.0 Å². The second-order valence-corrected chi connectivity index (χ2v) is 10.4. The lowest BCUT2D eigenvalue weighted by atomic mass is 9.93. The minimum absolute atomic E-state index is 0.0156. The number of aromatic amines is 1. The smallest absolute Gasteiger partial charge is 0.394 e. The third kappa shape index (κ3) is 4.44. The van der Waals surface area contributed by atoms with Gasteiger partial charge in [0, 0.05) is 12.3 Å². The minimum atomic E-state index is -5.02. The van der Waals surface area contributed by atoms with Crippen molar-refractivity contribution in [3.8, 4) is 0 Å². The van der Waals surface area contributed by atoms with Gasteiger partial charge in [-0.25, -0.2) is 9.36 Å². The maximum absolute atomic E-state index is 12.5. The summed E-state index contributed by atoms with van der Waals surface area (Å²) in [5, 5.41) is 16.4. The second-order valence-electron chi connectivity index (χ2n) is 9.23. The number of aliphatic hydroxyl groups is 1. The van der Waals surface area contributed by atoms with Crippen LogP contribution in [0.5, 0.6) is 0 Å². The molecule has 0 radical (unpaired) electrons. The number of nitrogens with one attached hydrogen (secondary N) is 1. The SMILES string of the molecule is O=c1ccn([C@@H]2O[C@H](CO)[C@@H](OP(=O)(O)O)[C@H]2OCc2cc3ccc4cccc5ccc(c2)c3c45)c(=O)[nH]1. The molecule has 0 saturated carbocycles. The molecule has 11 nitrogen and oxygen atoms in total. The van der Waals surface area contributed by atoms with Gasteiger partial charge >= 0.3 is 13.5 Å². The molecule has 0 spiro atoms. The zero-order valence-electron chi connectivity index (χ0n) is 19.8. The lowest BCUT2D eigenvalue weighted by molar-refractivity contribution is -0.0794. The van der Waals surface area contributed by atoms with Gasteiger partial charge in [0.25, 0.3) is 5.56 Å². The van der Waals surface area contributed by atoms with Crippen molar-refractivity contribution in [2.75, 3.05) is 6.61 Å². The van der Waals surface area contributed by atoms with Crippen molar-refractivity contribution in [2.45, 2.75) is 31.1 Å². The molecule has 1 saturated heterocycles. The molecule has 4 N–H and O–H groups in total. The number of aromatic nitrogens is 2. The van der Waals surface area contributed by atoms with Crippen LogP contribution in [0.3, 0.4) is 0 Å². The number of nitrogens with zero attached hydrogens (tertiary/aromatic N) is 1. The maximum Gasteiger partial charge on any atom is 0.470 e. The summed E-state index contributed by atoms with van der Waals surface area (Å²) in [5.74, 6) is 0. The van der Waals surface area contributed by atoms with Gasteiger partial charge in [0.05, 0.1) is 13.2 Å². The van der Waals surface area contributed by atoms with Crippen molar-refractivity contribution in [3.63, 3.8) is 0 Å². The number of phosphoric ester groups is 1. The standard InChI is InChI=1S/C26H23N2O9P/c29-12-19-23(37-38(32,33)34)24(25(36-19)28-9-8-20(30)27-26(28)31)35-13-14-10-17-6-4-15-2-1-3-16-5-7-18(11-14)22(17)21(15)16/h1-11,19,23-25,29H,12-13H2,(H,27,30,31)(H2,32,33,34)/t19-,23-,24-,25-/m1/s1. The van der Waals surface area contributed by atoms with Gasteiger partial charge in [-0.2, -0.15) is 0 Å². The van der Waals surface area contributed by atoms with Crippen LogP contribution in [0.2, 0.25) is 0 Å². The summed E-state index contributed by atoms with van der Waals surface area (Å²) >= 11 is 0. The molecule has 4 aromatic carbocycles. The highest BCUT2D eigenvalue weighted by molar-refractivity contribution is 7.46. The van der Waals surface area contributed by atoms with Crippen molar-refractivity contribution in [3.05, 3.63) is 93.3 Å². The molecule has 196 valence electrons. The third-order valence-corrected chi connectivity index (χ3v) is 7.33. The molecule has 1 aliphatic rings. The van der Waals surface area contributed by atoms with Crippen LogP contribution in [-0.4, -0.2) is 49.4 Å². The summed E-state index contributed by atoms with van der Waals surface area (Å²) in [6.07, 6.45) is -3.88. The first kappa shape index (κ1) is 24.9. The number of ether oxygens (including phenoxy) is 2. The van der Waals surface area contributed by atoms with Crippen molar-refractivity contribution in [1.29, 1.82) is 0 Å². The molecule has 6 rings (SSSR count). The molecule has 5 aromatic rings. The Morgan fingerprint density at radius 2 is 1.55 bits per heavy atom. The molecule has 2 heterocycles. The van der Waals surface area contributed by atoms with E-state index in [0.717, 1.165) is 48.5 Å². The van der Waals surface area contributed by atoms with E-state index in [2.05, 4.69) is 17.1 Å². The fourth-order valence-electron chi connectivity index (χ4n) is 5.26. The second kappa shape index (κ2) is 9.40. The van der Waals surface area contributed by atoms with Crippen molar-refractivity contribution >= 4 is 40.1 Å². The van der Waals surface area contributed by atoms with Crippen LogP contribution in [0.25, 0.3) is 32.3 Å². The van der Waals surface area contributed by atoms with Crippen LogP contribution in [0, 0.1) is 0 Å². The van der Waals surface area contributed by atoms with Crippen molar-refractivity contribution in [2.24, 2.45) is 0 Å². The number of rotatable bonds is 7. The molecule has 1 aliphatic heterocycles. The Bertz CT molecular complexity index is 1750. The van der Waals surface area contributed by atoms with Crippen LogP contribution < -0.4 is 11.2 Å². The maximum atomic E-state index is 12.5. The van der Waals surface area contributed by atoms with E-state index in [1.807, 2.05) is 42.5 Å². The van der Waals surface area contributed by atoms with Gasteiger partial charge in [-0.1, -0.05) is 42.5 Å². The summed E-state index contributed by atoms with van der Waals surface area (Å²) in [7, 11) is -5.02. The average molecular weight is 538 g/mol.